The van der Waals surface area contributed by atoms with Crippen molar-refractivity contribution in [1.29, 1.82) is 0 Å². The lowest BCUT2D eigenvalue weighted by Crippen LogP contribution is -2.55. The van der Waals surface area contributed by atoms with Gasteiger partial charge in [-0.2, -0.15) is 5.10 Å². The minimum atomic E-state index is -0.570. The first-order valence-electron chi connectivity index (χ1n) is 10.6. The van der Waals surface area contributed by atoms with E-state index in [2.05, 4.69) is 17.1 Å². The molecule has 1 N–H and O–H groups in total. The van der Waals surface area contributed by atoms with Crippen LogP contribution in [0.2, 0.25) is 0 Å². The molecule has 0 radical (unpaired) electrons. The summed E-state index contributed by atoms with van der Waals surface area (Å²) < 4.78 is 2.05. The van der Waals surface area contributed by atoms with Gasteiger partial charge in [0.15, 0.2) is 0 Å². The molecule has 2 aromatic rings. The number of amides is 2. The third-order valence-electron chi connectivity index (χ3n) is 6.41. The van der Waals surface area contributed by atoms with Gasteiger partial charge in [0, 0.05) is 50.9 Å². The Kier molecular flexibility index (Phi) is 5.19. The average molecular weight is 399 g/mol. The molecular weight excluding hydrogens is 368 g/mol. The molecule has 1 saturated heterocycles. The average Bonchev–Trinajstić information content (AvgIpc) is 3.46. The molecule has 8 nitrogen and oxygen atoms in total. The molecule has 1 fully saturated rings. The maximum atomic E-state index is 13.5. The van der Waals surface area contributed by atoms with Gasteiger partial charge in [0.05, 0.1) is 12.0 Å². The number of fused-ring (bicyclic) bond motifs is 2. The van der Waals surface area contributed by atoms with E-state index in [1.807, 2.05) is 40.7 Å². The van der Waals surface area contributed by atoms with Crippen molar-refractivity contribution < 1.29 is 9.59 Å². The fourth-order valence-corrected chi connectivity index (χ4v) is 4.69. The number of carbonyl (C=O) groups is 2. The minimum absolute atomic E-state index is 0.0832. The largest absolute Gasteiger partial charge is 0.340 e. The zero-order valence-electron chi connectivity index (χ0n) is 17.6. The Morgan fingerprint density at radius 1 is 1.28 bits per heavy atom. The fraction of sp³-hybridized carbons (Fsp3) is 0.619. The van der Waals surface area contributed by atoms with Gasteiger partial charge in [-0.3, -0.25) is 14.7 Å². The second kappa shape index (κ2) is 7.65. The Bertz CT molecular complexity index is 916. The van der Waals surface area contributed by atoms with Crippen LogP contribution in [0.3, 0.4) is 0 Å². The normalized spacial score (nSPS) is 21.1. The van der Waals surface area contributed by atoms with Crippen molar-refractivity contribution in [1.82, 2.24) is 29.5 Å². The van der Waals surface area contributed by atoms with Crippen LogP contribution in [0.1, 0.15) is 67.1 Å². The first kappa shape index (κ1) is 19.7. The summed E-state index contributed by atoms with van der Waals surface area (Å²) in [7, 11) is 2.00. The number of hydrogen-bond acceptors (Lipinski definition) is 4. The summed E-state index contributed by atoms with van der Waals surface area (Å²) in [5.74, 6) is 0.0901. The van der Waals surface area contributed by atoms with Crippen LogP contribution in [0.25, 0.3) is 0 Å². The number of imidazole rings is 1. The molecule has 4 heterocycles. The van der Waals surface area contributed by atoms with Crippen LogP contribution in [0.5, 0.6) is 0 Å². The maximum absolute atomic E-state index is 13.5. The fourth-order valence-electron chi connectivity index (χ4n) is 4.69. The monoisotopic (exact) mass is 398 g/mol. The zero-order chi connectivity index (χ0) is 20.6. The summed E-state index contributed by atoms with van der Waals surface area (Å²) in [6, 6.07) is 1.84. The zero-order valence-corrected chi connectivity index (χ0v) is 17.6. The van der Waals surface area contributed by atoms with E-state index in [0.717, 1.165) is 42.8 Å². The molecule has 2 aromatic heterocycles. The first-order chi connectivity index (χ1) is 14.0. The summed E-state index contributed by atoms with van der Waals surface area (Å²) in [5.41, 5.74) is 2.92. The van der Waals surface area contributed by atoms with Crippen molar-refractivity contribution >= 4 is 11.8 Å². The van der Waals surface area contributed by atoms with E-state index < -0.39 is 5.54 Å². The van der Waals surface area contributed by atoms with Crippen LogP contribution in [-0.2, 0) is 30.2 Å². The first-order valence-corrected chi connectivity index (χ1v) is 10.6. The molecule has 0 aromatic carbocycles. The summed E-state index contributed by atoms with van der Waals surface area (Å²) in [5, 5.41) is 7.20. The quantitative estimate of drug-likeness (QED) is 0.835. The SMILES string of the molecule is CCCCC(=O)N1CCC2(C1)c1ncn(C)c1CCN2C(=O)c1cc(CC)[nH]n1. The number of hydrogen-bond donors (Lipinski definition) is 1. The van der Waals surface area contributed by atoms with Crippen LogP contribution in [0.4, 0.5) is 0 Å². The minimum Gasteiger partial charge on any atom is -0.340 e. The Labute approximate surface area is 171 Å². The number of rotatable bonds is 5. The smallest absolute Gasteiger partial charge is 0.275 e. The Morgan fingerprint density at radius 2 is 2.10 bits per heavy atom. The van der Waals surface area contributed by atoms with Crippen molar-refractivity contribution in [2.45, 2.75) is 57.9 Å². The Balaban J connectivity index is 1.68. The molecule has 2 aliphatic heterocycles. The van der Waals surface area contributed by atoms with E-state index >= 15 is 0 Å². The molecule has 0 bridgehead atoms. The molecule has 29 heavy (non-hydrogen) atoms. The number of likely N-dealkylation sites (tertiary alicyclic amines) is 1. The second-order valence-electron chi connectivity index (χ2n) is 8.19. The van der Waals surface area contributed by atoms with Crippen molar-refractivity contribution in [3.05, 3.63) is 35.2 Å². The molecule has 2 aliphatic rings. The summed E-state index contributed by atoms with van der Waals surface area (Å²) in [6.45, 7) is 5.89. The van der Waals surface area contributed by atoms with Crippen molar-refractivity contribution in [3.63, 3.8) is 0 Å². The lowest BCUT2D eigenvalue weighted by molar-refractivity contribution is -0.130. The van der Waals surface area contributed by atoms with Crippen LogP contribution >= 0.6 is 0 Å². The Hall–Kier alpha value is -2.64. The number of unbranched alkanes of at least 4 members (excludes halogenated alkanes) is 1. The molecule has 0 saturated carbocycles. The molecule has 2 amide bonds. The molecule has 4 rings (SSSR count). The van der Waals surface area contributed by atoms with Crippen LogP contribution < -0.4 is 0 Å². The molecule has 0 aliphatic carbocycles. The van der Waals surface area contributed by atoms with Gasteiger partial charge in [-0.15, -0.1) is 0 Å². The molecular formula is C21H30N6O2. The number of nitrogens with zero attached hydrogens (tertiary/aromatic N) is 5. The van der Waals surface area contributed by atoms with Gasteiger partial charge in [0.2, 0.25) is 5.91 Å². The van der Waals surface area contributed by atoms with Gasteiger partial charge >= 0.3 is 0 Å². The van der Waals surface area contributed by atoms with Gasteiger partial charge < -0.3 is 14.4 Å². The second-order valence-corrected chi connectivity index (χ2v) is 8.19. The topological polar surface area (TPSA) is 87.1 Å². The number of aromatic amines is 1. The number of H-pyrrole nitrogens is 1. The Morgan fingerprint density at radius 3 is 2.83 bits per heavy atom. The third kappa shape index (κ3) is 3.24. The van der Waals surface area contributed by atoms with Gasteiger partial charge in [-0.05, 0) is 25.3 Å². The van der Waals surface area contributed by atoms with Gasteiger partial charge in [-0.1, -0.05) is 20.3 Å². The van der Waals surface area contributed by atoms with E-state index in [-0.39, 0.29) is 11.8 Å². The highest BCUT2D eigenvalue weighted by molar-refractivity contribution is 5.93. The number of carbonyl (C=O) groups excluding carboxylic acids is 2. The predicted molar refractivity (Wildman–Crippen MR) is 108 cm³/mol. The summed E-state index contributed by atoms with van der Waals surface area (Å²) >= 11 is 0. The number of aromatic nitrogens is 4. The molecule has 1 atom stereocenters. The van der Waals surface area contributed by atoms with E-state index in [9.17, 15) is 9.59 Å². The van der Waals surface area contributed by atoms with E-state index in [1.165, 1.54) is 0 Å². The van der Waals surface area contributed by atoms with Crippen LogP contribution in [0, 0.1) is 0 Å². The molecule has 8 heteroatoms. The third-order valence-corrected chi connectivity index (χ3v) is 6.41. The van der Waals surface area contributed by atoms with Gasteiger partial charge in [0.25, 0.3) is 5.91 Å². The predicted octanol–water partition coefficient (Wildman–Crippen LogP) is 2.02. The van der Waals surface area contributed by atoms with Crippen LogP contribution in [0.15, 0.2) is 12.4 Å². The number of nitrogens with one attached hydrogen (secondary N) is 1. The van der Waals surface area contributed by atoms with E-state index in [0.29, 0.717) is 38.2 Å². The highest BCUT2D eigenvalue weighted by Crippen LogP contribution is 2.42. The molecule has 1 unspecified atom stereocenters. The van der Waals surface area contributed by atoms with E-state index in [4.69, 9.17) is 4.98 Å². The highest BCUT2D eigenvalue weighted by Gasteiger charge is 2.52. The lowest BCUT2D eigenvalue weighted by atomic mass is 9.85. The maximum Gasteiger partial charge on any atom is 0.275 e. The van der Waals surface area contributed by atoms with E-state index in [1.54, 1.807) is 0 Å². The van der Waals surface area contributed by atoms with Crippen molar-refractivity contribution in [2.75, 3.05) is 19.6 Å². The van der Waals surface area contributed by atoms with Crippen molar-refractivity contribution in [3.8, 4) is 0 Å². The van der Waals surface area contributed by atoms with Gasteiger partial charge in [0.1, 0.15) is 11.2 Å². The summed E-state index contributed by atoms with van der Waals surface area (Å²) in [4.78, 5) is 34.7. The van der Waals surface area contributed by atoms with Crippen LogP contribution in [-0.4, -0.2) is 61.0 Å². The lowest BCUT2D eigenvalue weighted by Gasteiger charge is -2.43. The molecule has 1 spiro atoms. The molecule has 156 valence electrons. The number of aryl methyl sites for hydroxylation is 2. The van der Waals surface area contributed by atoms with Crippen molar-refractivity contribution in [2.24, 2.45) is 7.05 Å². The highest BCUT2D eigenvalue weighted by atomic mass is 16.2. The van der Waals surface area contributed by atoms with Gasteiger partial charge in [-0.25, -0.2) is 4.98 Å². The standard InChI is InChI=1S/C21H30N6O2/c1-4-6-7-18(28)26-11-9-21(13-26)19-17(25(3)14-22-19)8-10-27(21)20(29)16-12-15(5-2)23-24-16/h12,14H,4-11,13H2,1-3H3,(H,23,24). The summed E-state index contributed by atoms with van der Waals surface area (Å²) in [6.07, 6.45) is 6.56.